The van der Waals surface area contributed by atoms with Gasteiger partial charge in [-0.05, 0) is 94.2 Å². The summed E-state index contributed by atoms with van der Waals surface area (Å²) in [6.45, 7) is 7.08. The second-order valence-corrected chi connectivity index (χ2v) is 10.5. The molecule has 2 aliphatic heterocycles. The van der Waals surface area contributed by atoms with E-state index in [1.165, 1.54) is 6.07 Å². The molecule has 2 N–H and O–H groups in total. The third kappa shape index (κ3) is 5.15. The van der Waals surface area contributed by atoms with Crippen LogP contribution in [0.2, 0.25) is 0 Å². The second-order valence-electron chi connectivity index (χ2n) is 10.5. The summed E-state index contributed by atoms with van der Waals surface area (Å²) < 4.78 is 20.2. The summed E-state index contributed by atoms with van der Waals surface area (Å²) in [6.07, 6.45) is -0.391. The van der Waals surface area contributed by atoms with Gasteiger partial charge in [-0.3, -0.25) is 4.79 Å². The van der Waals surface area contributed by atoms with E-state index in [9.17, 15) is 14.9 Å². The molecule has 2 amide bonds. The average molecular weight is 479 g/mol. The summed E-state index contributed by atoms with van der Waals surface area (Å²) >= 11 is 0. The molecule has 0 aliphatic carbocycles. The van der Waals surface area contributed by atoms with Gasteiger partial charge in [-0.2, -0.15) is 5.26 Å². The molecular formula is C27H31FN4O3. The van der Waals surface area contributed by atoms with Crippen LogP contribution in [0.15, 0.2) is 36.4 Å². The number of rotatable bonds is 4. The molecule has 0 unspecified atom stereocenters. The minimum absolute atomic E-state index is 0.0392. The fourth-order valence-corrected chi connectivity index (χ4v) is 4.76. The van der Waals surface area contributed by atoms with E-state index in [0.717, 1.165) is 42.7 Å². The van der Waals surface area contributed by atoms with Crippen LogP contribution >= 0.6 is 0 Å². The van der Waals surface area contributed by atoms with E-state index in [1.807, 2.05) is 24.3 Å². The molecule has 184 valence electrons. The highest BCUT2D eigenvalue weighted by Gasteiger charge is 2.48. The van der Waals surface area contributed by atoms with Crippen molar-refractivity contribution in [1.29, 1.82) is 5.26 Å². The average Bonchev–Trinajstić information content (AvgIpc) is 3.05. The van der Waals surface area contributed by atoms with Gasteiger partial charge in [0.1, 0.15) is 11.9 Å². The fourth-order valence-electron chi connectivity index (χ4n) is 4.76. The maximum atomic E-state index is 15.0. The highest BCUT2D eigenvalue weighted by atomic mass is 19.1. The fraction of sp³-hybridized carbons (Fsp3) is 0.444. The Morgan fingerprint density at radius 3 is 2.51 bits per heavy atom. The lowest BCUT2D eigenvalue weighted by molar-refractivity contribution is -0.122. The number of hydrogen-bond acceptors (Lipinski definition) is 5. The quantitative estimate of drug-likeness (QED) is 0.681. The van der Waals surface area contributed by atoms with Crippen molar-refractivity contribution in [3.63, 3.8) is 0 Å². The van der Waals surface area contributed by atoms with E-state index in [2.05, 4.69) is 22.6 Å². The molecule has 2 aromatic carbocycles. The molecule has 7 nitrogen and oxygen atoms in total. The van der Waals surface area contributed by atoms with Crippen LogP contribution in [0, 0.1) is 17.1 Å². The molecular weight excluding hydrogens is 447 g/mol. The van der Waals surface area contributed by atoms with E-state index >= 15 is 4.39 Å². The topological polar surface area (TPSA) is 94.5 Å². The Hall–Kier alpha value is -3.44. The molecule has 35 heavy (non-hydrogen) atoms. The summed E-state index contributed by atoms with van der Waals surface area (Å²) in [5.74, 6) is -0.441. The maximum absolute atomic E-state index is 15.0. The van der Waals surface area contributed by atoms with Gasteiger partial charge in [0.25, 0.3) is 0 Å². The number of halogens is 1. The first-order valence-corrected chi connectivity index (χ1v) is 11.8. The number of likely N-dealkylation sites (tertiary alicyclic amines) is 1. The van der Waals surface area contributed by atoms with Gasteiger partial charge in [-0.25, -0.2) is 9.18 Å². The molecule has 1 fully saturated rings. The van der Waals surface area contributed by atoms with Gasteiger partial charge in [0.2, 0.25) is 5.91 Å². The lowest BCUT2D eigenvalue weighted by Gasteiger charge is -2.36. The lowest BCUT2D eigenvalue weighted by atomic mass is 9.73. The molecule has 0 bridgehead atoms. The largest absolute Gasteiger partial charge is 0.430 e. The predicted octanol–water partition coefficient (Wildman–Crippen LogP) is 4.37. The number of alkyl carbamates (subject to hydrolysis) is 1. The van der Waals surface area contributed by atoms with Crippen molar-refractivity contribution in [3.8, 4) is 17.2 Å². The van der Waals surface area contributed by atoms with Crippen molar-refractivity contribution in [3.05, 3.63) is 53.3 Å². The number of anilines is 1. The van der Waals surface area contributed by atoms with Crippen LogP contribution < -0.4 is 10.6 Å². The van der Waals surface area contributed by atoms with Crippen LogP contribution in [0.1, 0.15) is 44.7 Å². The second kappa shape index (κ2) is 9.31. The van der Waals surface area contributed by atoms with E-state index in [0.29, 0.717) is 5.56 Å². The first-order chi connectivity index (χ1) is 16.5. The molecule has 8 heteroatoms. The molecule has 4 rings (SSSR count). The number of amides is 2. The zero-order chi connectivity index (χ0) is 25.4. The van der Waals surface area contributed by atoms with Crippen LogP contribution in [0.5, 0.6) is 0 Å². The normalized spacial score (nSPS) is 17.9. The van der Waals surface area contributed by atoms with Crippen LogP contribution in [0.4, 0.5) is 14.9 Å². The minimum atomic E-state index is -1.11. The number of benzene rings is 2. The number of ether oxygens (including phenoxy) is 1. The highest BCUT2D eigenvalue weighted by Crippen LogP contribution is 2.46. The Morgan fingerprint density at radius 2 is 1.89 bits per heavy atom. The standard InChI is InChI=1S/C27H31FN4O3/c1-26(2,3)31-25(34)35-20(16-29)13-19-6-5-18(15-22(19)28)17-7-8-23-21(14-17)27(24(33)30-23)9-11-32(4)12-10-27/h5-8,14-15,20H,9-13H2,1-4H3,(H,30,33)(H,31,34)/t20-/m0/s1. The van der Waals surface area contributed by atoms with E-state index < -0.39 is 29.0 Å². The van der Waals surface area contributed by atoms with Gasteiger partial charge in [0, 0.05) is 17.6 Å². The molecule has 1 spiro atoms. The van der Waals surface area contributed by atoms with Crippen LogP contribution in [-0.4, -0.2) is 48.7 Å². The smallest absolute Gasteiger partial charge is 0.408 e. The van der Waals surface area contributed by atoms with Crippen molar-refractivity contribution in [2.75, 3.05) is 25.5 Å². The monoisotopic (exact) mass is 478 g/mol. The third-order valence-corrected chi connectivity index (χ3v) is 6.72. The highest BCUT2D eigenvalue weighted by molar-refractivity contribution is 6.06. The van der Waals surface area contributed by atoms with E-state index in [-0.39, 0.29) is 17.9 Å². The number of piperidine rings is 1. The van der Waals surface area contributed by atoms with E-state index in [1.54, 1.807) is 32.9 Å². The Labute approximate surface area is 205 Å². The van der Waals surface area contributed by atoms with Gasteiger partial charge in [-0.15, -0.1) is 0 Å². The molecule has 2 aliphatic rings. The van der Waals surface area contributed by atoms with E-state index in [4.69, 9.17) is 4.74 Å². The molecule has 0 aromatic heterocycles. The molecule has 2 heterocycles. The molecule has 0 radical (unpaired) electrons. The van der Waals surface area contributed by atoms with Gasteiger partial charge in [0.15, 0.2) is 6.10 Å². The Morgan fingerprint density at radius 1 is 1.23 bits per heavy atom. The number of carbonyl (C=O) groups is 2. The van der Waals surface area contributed by atoms with Gasteiger partial charge >= 0.3 is 6.09 Å². The molecule has 2 aromatic rings. The van der Waals surface area contributed by atoms with Crippen molar-refractivity contribution >= 4 is 17.7 Å². The summed E-state index contributed by atoms with van der Waals surface area (Å²) in [5, 5.41) is 15.0. The zero-order valence-electron chi connectivity index (χ0n) is 20.6. The lowest BCUT2D eigenvalue weighted by Crippen LogP contribution is -2.45. The molecule has 1 atom stereocenters. The van der Waals surface area contributed by atoms with Crippen LogP contribution in [-0.2, 0) is 21.4 Å². The van der Waals surface area contributed by atoms with Gasteiger partial charge in [0.05, 0.1) is 5.41 Å². The van der Waals surface area contributed by atoms with Gasteiger partial charge in [-0.1, -0.05) is 18.2 Å². The number of nitriles is 1. The van der Waals surface area contributed by atoms with Crippen molar-refractivity contribution in [1.82, 2.24) is 10.2 Å². The summed E-state index contributed by atoms with van der Waals surface area (Å²) in [5.41, 5.74) is 2.53. The first kappa shape index (κ1) is 24.7. The first-order valence-electron chi connectivity index (χ1n) is 11.8. The van der Waals surface area contributed by atoms with Crippen molar-refractivity contribution < 1.29 is 18.7 Å². The SMILES string of the molecule is CN1CCC2(CC1)C(=O)Nc1ccc(-c3ccc(C[C@@H](C#N)OC(=O)NC(C)(C)C)c(F)c3)cc12. The molecule has 0 saturated carbocycles. The number of fused-ring (bicyclic) bond motifs is 2. The summed E-state index contributed by atoms with van der Waals surface area (Å²) in [7, 11) is 2.06. The van der Waals surface area contributed by atoms with Gasteiger partial charge < -0.3 is 20.3 Å². The van der Waals surface area contributed by atoms with Crippen molar-refractivity contribution in [2.45, 2.75) is 57.1 Å². The Bertz CT molecular complexity index is 1190. The Balaban J connectivity index is 1.54. The van der Waals surface area contributed by atoms with Crippen LogP contribution in [0.3, 0.4) is 0 Å². The molecule has 1 saturated heterocycles. The summed E-state index contributed by atoms with van der Waals surface area (Å²) in [6, 6.07) is 12.5. The predicted molar refractivity (Wildman–Crippen MR) is 131 cm³/mol. The summed E-state index contributed by atoms with van der Waals surface area (Å²) in [4.78, 5) is 27.1. The third-order valence-electron chi connectivity index (χ3n) is 6.72. The zero-order valence-corrected chi connectivity index (χ0v) is 20.6. The van der Waals surface area contributed by atoms with Crippen molar-refractivity contribution in [2.24, 2.45) is 0 Å². The minimum Gasteiger partial charge on any atom is -0.430 e. The maximum Gasteiger partial charge on any atom is 0.408 e. The number of carbonyl (C=O) groups excluding carboxylic acids is 2. The Kier molecular flexibility index (Phi) is 6.56. The number of nitrogens with one attached hydrogen (secondary N) is 2. The number of hydrogen-bond donors (Lipinski definition) is 2. The number of nitrogens with zero attached hydrogens (tertiary/aromatic N) is 2. The van der Waals surface area contributed by atoms with Crippen LogP contribution in [0.25, 0.3) is 11.1 Å².